The molecule has 5 nitrogen and oxygen atoms in total. The Morgan fingerprint density at radius 3 is 1.86 bits per heavy atom. The Kier molecular flexibility index (Phi) is 8.32. The van der Waals surface area contributed by atoms with Crippen LogP contribution in [0.3, 0.4) is 0 Å². The fourth-order valence-corrected chi connectivity index (χ4v) is 4.18. The molecule has 0 atom stereocenters. The van der Waals surface area contributed by atoms with E-state index in [9.17, 15) is 8.42 Å². The molecule has 1 saturated carbocycles. The van der Waals surface area contributed by atoms with Crippen molar-refractivity contribution in [1.29, 1.82) is 0 Å². The predicted octanol–water partition coefficient (Wildman–Crippen LogP) is 2.48. The van der Waals surface area contributed by atoms with Crippen LogP contribution in [-0.2, 0) is 10.2 Å². The van der Waals surface area contributed by atoms with Crippen LogP contribution < -0.4 is 10.5 Å². The summed E-state index contributed by atoms with van der Waals surface area (Å²) in [6.07, 6.45) is 5.31. The average molecular weight is 334 g/mol. The average Bonchev–Trinajstić information content (AvgIpc) is 2.40. The molecule has 0 aromatic rings. The highest BCUT2D eigenvalue weighted by Crippen LogP contribution is 2.19. The monoisotopic (exact) mass is 333 g/mol. The van der Waals surface area contributed by atoms with Gasteiger partial charge in [0, 0.05) is 25.2 Å². The third-order valence-corrected chi connectivity index (χ3v) is 6.02. The third kappa shape index (κ3) is 7.40. The molecule has 0 saturated heterocycles. The summed E-state index contributed by atoms with van der Waals surface area (Å²) in [4.78, 5) is 0. The Hall–Kier alpha value is -0.170. The van der Waals surface area contributed by atoms with Crippen molar-refractivity contribution < 1.29 is 8.42 Å². The van der Waals surface area contributed by atoms with E-state index in [-0.39, 0.29) is 12.1 Å². The van der Waals surface area contributed by atoms with Crippen LogP contribution in [0.2, 0.25) is 0 Å². The van der Waals surface area contributed by atoms with Crippen molar-refractivity contribution >= 4 is 10.2 Å². The molecule has 0 aliphatic heterocycles. The molecule has 0 radical (unpaired) electrons. The van der Waals surface area contributed by atoms with E-state index in [0.29, 0.717) is 24.9 Å². The molecule has 0 aromatic carbocycles. The normalized spacial score (nSPS) is 23.6. The van der Waals surface area contributed by atoms with Gasteiger partial charge in [-0.3, -0.25) is 0 Å². The van der Waals surface area contributed by atoms with Gasteiger partial charge >= 0.3 is 0 Å². The number of hydrogen-bond acceptors (Lipinski definition) is 3. The Balaban J connectivity index is 2.63. The maximum atomic E-state index is 12.7. The molecule has 1 rings (SSSR count). The van der Waals surface area contributed by atoms with Gasteiger partial charge in [0.05, 0.1) is 0 Å². The largest absolute Gasteiger partial charge is 0.328 e. The molecule has 1 aliphatic carbocycles. The van der Waals surface area contributed by atoms with E-state index in [1.165, 1.54) is 0 Å². The smallest absolute Gasteiger partial charge is 0.279 e. The summed E-state index contributed by atoms with van der Waals surface area (Å²) in [7, 11) is -3.39. The summed E-state index contributed by atoms with van der Waals surface area (Å²) >= 11 is 0. The van der Waals surface area contributed by atoms with Gasteiger partial charge in [-0.15, -0.1) is 0 Å². The van der Waals surface area contributed by atoms with Gasteiger partial charge in [-0.2, -0.15) is 17.4 Å². The van der Waals surface area contributed by atoms with E-state index >= 15 is 0 Å². The fourth-order valence-electron chi connectivity index (χ4n) is 2.68. The second-order valence-corrected chi connectivity index (χ2v) is 9.20. The van der Waals surface area contributed by atoms with Crippen molar-refractivity contribution in [2.45, 2.75) is 78.3 Å². The van der Waals surface area contributed by atoms with Crippen LogP contribution in [0, 0.1) is 11.8 Å². The molecule has 0 bridgehead atoms. The highest BCUT2D eigenvalue weighted by atomic mass is 32.2. The summed E-state index contributed by atoms with van der Waals surface area (Å²) < 4.78 is 29.9. The Labute approximate surface area is 137 Å². The predicted molar refractivity (Wildman–Crippen MR) is 92.8 cm³/mol. The second kappa shape index (κ2) is 9.21. The lowest BCUT2D eigenvalue weighted by atomic mass is 9.93. The van der Waals surface area contributed by atoms with E-state index in [1.54, 1.807) is 4.31 Å². The molecule has 0 aromatic heterocycles. The van der Waals surface area contributed by atoms with Gasteiger partial charge in [-0.25, -0.2) is 0 Å². The van der Waals surface area contributed by atoms with Crippen LogP contribution in [0.25, 0.3) is 0 Å². The van der Waals surface area contributed by atoms with Crippen molar-refractivity contribution in [1.82, 2.24) is 9.03 Å². The molecule has 1 aliphatic rings. The maximum absolute atomic E-state index is 12.7. The fraction of sp³-hybridized carbons (Fsp3) is 1.00. The zero-order valence-electron chi connectivity index (χ0n) is 14.7. The quantitative estimate of drug-likeness (QED) is 0.680. The first-order chi connectivity index (χ1) is 10.2. The van der Waals surface area contributed by atoms with Crippen molar-refractivity contribution in [3.8, 4) is 0 Å². The van der Waals surface area contributed by atoms with E-state index in [2.05, 4.69) is 32.4 Å². The molecular weight excluding hydrogens is 298 g/mol. The molecule has 0 amide bonds. The first-order valence-electron chi connectivity index (χ1n) is 8.73. The Bertz CT molecular complexity index is 390. The van der Waals surface area contributed by atoms with Gasteiger partial charge < -0.3 is 5.73 Å². The minimum absolute atomic E-state index is 0.0467. The summed E-state index contributed by atoms with van der Waals surface area (Å²) in [5, 5.41) is 0. The molecule has 1 fully saturated rings. The lowest BCUT2D eigenvalue weighted by Gasteiger charge is -2.30. The number of nitrogens with two attached hydrogens (primary N) is 1. The van der Waals surface area contributed by atoms with Crippen LogP contribution in [0.15, 0.2) is 0 Å². The molecule has 0 spiro atoms. The highest BCUT2D eigenvalue weighted by Gasteiger charge is 2.27. The van der Waals surface area contributed by atoms with Crippen LogP contribution in [0.4, 0.5) is 0 Å². The van der Waals surface area contributed by atoms with Gasteiger partial charge in [-0.1, -0.05) is 27.7 Å². The van der Waals surface area contributed by atoms with Crippen molar-refractivity contribution in [3.63, 3.8) is 0 Å². The van der Waals surface area contributed by atoms with Crippen LogP contribution in [0.1, 0.15) is 66.2 Å². The van der Waals surface area contributed by atoms with Gasteiger partial charge in [0.2, 0.25) is 0 Å². The summed E-state index contributed by atoms with van der Waals surface area (Å²) in [5.74, 6) is 1.01. The molecule has 22 heavy (non-hydrogen) atoms. The molecule has 0 unspecified atom stereocenters. The first kappa shape index (κ1) is 19.9. The zero-order chi connectivity index (χ0) is 16.8. The van der Waals surface area contributed by atoms with Crippen molar-refractivity contribution in [2.75, 3.05) is 13.1 Å². The molecular formula is C16H35N3O2S. The minimum Gasteiger partial charge on any atom is -0.328 e. The first-order valence-corrected chi connectivity index (χ1v) is 10.2. The SMILES string of the molecule is CC(C)CCN(CCC(C)C)S(=O)(=O)NC1CCC(N)CC1. The van der Waals surface area contributed by atoms with Crippen LogP contribution in [-0.4, -0.2) is 37.9 Å². The van der Waals surface area contributed by atoms with Crippen LogP contribution >= 0.6 is 0 Å². The van der Waals surface area contributed by atoms with Gasteiger partial charge in [0.25, 0.3) is 10.2 Å². The van der Waals surface area contributed by atoms with Crippen LogP contribution in [0.5, 0.6) is 0 Å². The summed E-state index contributed by atoms with van der Waals surface area (Å²) in [6.45, 7) is 9.72. The highest BCUT2D eigenvalue weighted by molar-refractivity contribution is 7.87. The van der Waals surface area contributed by atoms with Crippen molar-refractivity contribution in [3.05, 3.63) is 0 Å². The van der Waals surface area contributed by atoms with E-state index in [1.807, 2.05) is 0 Å². The number of hydrogen-bond donors (Lipinski definition) is 2. The molecule has 6 heteroatoms. The van der Waals surface area contributed by atoms with Gasteiger partial charge in [0.15, 0.2) is 0 Å². The standard InChI is InChI=1S/C16H35N3O2S/c1-13(2)9-11-19(12-10-14(3)4)22(20,21)18-16-7-5-15(17)6-8-16/h13-16,18H,5-12,17H2,1-4H3. The number of rotatable bonds is 9. The topological polar surface area (TPSA) is 75.4 Å². The summed E-state index contributed by atoms with van der Waals surface area (Å²) in [5.41, 5.74) is 5.89. The molecule has 0 heterocycles. The van der Waals surface area contributed by atoms with E-state index < -0.39 is 10.2 Å². The third-order valence-electron chi connectivity index (χ3n) is 4.34. The summed E-state index contributed by atoms with van der Waals surface area (Å²) in [6, 6.07) is 0.282. The molecule has 3 N–H and O–H groups in total. The second-order valence-electron chi connectivity index (χ2n) is 7.50. The Morgan fingerprint density at radius 1 is 1.00 bits per heavy atom. The minimum atomic E-state index is -3.39. The lowest BCUT2D eigenvalue weighted by Crippen LogP contribution is -2.48. The number of nitrogens with zero attached hydrogens (tertiary/aromatic N) is 1. The van der Waals surface area contributed by atoms with Gasteiger partial charge in [-0.05, 0) is 50.4 Å². The van der Waals surface area contributed by atoms with Crippen molar-refractivity contribution in [2.24, 2.45) is 17.6 Å². The van der Waals surface area contributed by atoms with E-state index in [4.69, 9.17) is 5.73 Å². The van der Waals surface area contributed by atoms with Gasteiger partial charge in [0.1, 0.15) is 0 Å². The number of nitrogens with one attached hydrogen (secondary N) is 1. The Morgan fingerprint density at radius 2 is 1.45 bits per heavy atom. The lowest BCUT2D eigenvalue weighted by molar-refractivity contribution is 0.332. The zero-order valence-corrected chi connectivity index (χ0v) is 15.5. The maximum Gasteiger partial charge on any atom is 0.279 e. The van der Waals surface area contributed by atoms with E-state index in [0.717, 1.165) is 38.5 Å². The molecule has 132 valence electrons.